The van der Waals surface area contributed by atoms with Crippen molar-refractivity contribution in [2.24, 2.45) is 5.16 Å². The lowest BCUT2D eigenvalue weighted by molar-refractivity contribution is -0.153. The molecule has 1 aromatic heterocycles. The molecule has 2 atom stereocenters. The molecule has 16 nitrogen and oxygen atoms in total. The van der Waals surface area contributed by atoms with Crippen LogP contribution in [0, 0.1) is 0 Å². The highest BCUT2D eigenvalue weighted by molar-refractivity contribution is 7.84. The van der Waals surface area contributed by atoms with Gasteiger partial charge in [0.2, 0.25) is 5.60 Å². The number of aromatic nitrogens is 1. The molecule has 3 aliphatic rings. The van der Waals surface area contributed by atoms with Crippen molar-refractivity contribution in [2.45, 2.75) is 30.5 Å². The molecule has 18 heteroatoms. The van der Waals surface area contributed by atoms with Crippen molar-refractivity contribution in [3.63, 3.8) is 0 Å². The average molecular weight is 518 g/mol. The molecule has 4 rings (SSSR count). The molecule has 1 aliphatic carbocycles. The van der Waals surface area contributed by atoms with E-state index in [0.717, 1.165) is 16.2 Å². The Morgan fingerprint density at radius 1 is 1.41 bits per heavy atom. The number of carboxylic acid groups (broad SMARTS) is 1. The molecule has 1 aromatic rings. The number of carboxylic acids is 1. The number of nitrogens with one attached hydrogen (secondary N) is 1. The van der Waals surface area contributed by atoms with Crippen LogP contribution >= 0.6 is 11.3 Å². The number of oxime groups is 1. The second-order valence-corrected chi connectivity index (χ2v) is 9.77. The number of β-lactam (4-membered cyclic amide) rings is 1. The van der Waals surface area contributed by atoms with E-state index in [9.17, 15) is 37.3 Å². The highest BCUT2D eigenvalue weighted by Crippen LogP contribution is 2.40. The minimum Gasteiger partial charge on any atom is -0.478 e. The van der Waals surface area contributed by atoms with Gasteiger partial charge in [-0.2, -0.15) is 8.42 Å². The van der Waals surface area contributed by atoms with E-state index in [2.05, 4.69) is 15.5 Å². The zero-order chi connectivity index (χ0) is 24.8. The molecule has 3 amide bonds. The molecular formula is C16H18N6O10S2. The topological polar surface area (TPSA) is 231 Å². The first-order chi connectivity index (χ1) is 15.9. The summed E-state index contributed by atoms with van der Waals surface area (Å²) in [7, 11) is -4.99. The fourth-order valence-electron chi connectivity index (χ4n) is 3.36. The van der Waals surface area contributed by atoms with E-state index in [4.69, 9.17) is 15.3 Å². The van der Waals surface area contributed by atoms with Crippen molar-refractivity contribution in [1.82, 2.24) is 19.5 Å². The molecule has 3 heterocycles. The SMILES string of the molecule is Nc1nc(/C(=N/OC2(C(=O)O)CC2)C(=O)NC2C(=O)N(S(=O)(=O)O)[C@@H]2CN2CCOC2=O)cs1. The number of carbonyl (C=O) groups is 4. The lowest BCUT2D eigenvalue weighted by Crippen LogP contribution is -2.74. The normalized spacial score (nSPS) is 23.9. The first-order valence-corrected chi connectivity index (χ1v) is 11.9. The van der Waals surface area contributed by atoms with Gasteiger partial charge in [-0.25, -0.2) is 18.9 Å². The second-order valence-electron chi connectivity index (χ2n) is 7.59. The predicted octanol–water partition coefficient (Wildman–Crippen LogP) is -1.99. The Hall–Kier alpha value is -3.51. The molecule has 1 unspecified atom stereocenters. The molecule has 34 heavy (non-hydrogen) atoms. The molecular weight excluding hydrogens is 500 g/mol. The van der Waals surface area contributed by atoms with Gasteiger partial charge < -0.3 is 30.6 Å². The maximum absolute atomic E-state index is 13.0. The van der Waals surface area contributed by atoms with Gasteiger partial charge in [-0.1, -0.05) is 5.16 Å². The fraction of sp³-hybridized carbons (Fsp3) is 0.500. The molecule has 184 valence electrons. The lowest BCUT2D eigenvalue weighted by Gasteiger charge is -2.45. The number of nitrogens with two attached hydrogens (primary N) is 1. The third-order valence-electron chi connectivity index (χ3n) is 5.34. The molecule has 3 fully saturated rings. The monoisotopic (exact) mass is 518 g/mol. The fourth-order valence-corrected chi connectivity index (χ4v) is 4.78. The largest absolute Gasteiger partial charge is 0.478 e. The molecule has 0 radical (unpaired) electrons. The third-order valence-corrected chi connectivity index (χ3v) is 6.96. The molecule has 0 bridgehead atoms. The van der Waals surface area contributed by atoms with Crippen LogP contribution in [0.1, 0.15) is 18.5 Å². The van der Waals surface area contributed by atoms with E-state index in [1.54, 1.807) is 0 Å². The van der Waals surface area contributed by atoms with Gasteiger partial charge in [-0.05, 0) is 0 Å². The van der Waals surface area contributed by atoms with Crippen LogP contribution in [-0.4, -0.2) is 99.2 Å². The van der Waals surface area contributed by atoms with Gasteiger partial charge in [0.1, 0.15) is 18.3 Å². The Bertz CT molecular complexity index is 1190. The van der Waals surface area contributed by atoms with Crippen molar-refractivity contribution in [3.05, 3.63) is 11.1 Å². The summed E-state index contributed by atoms with van der Waals surface area (Å²) in [4.78, 5) is 58.6. The van der Waals surface area contributed by atoms with Gasteiger partial charge in [0.05, 0.1) is 12.6 Å². The number of hydrogen-bond acceptors (Lipinski definition) is 12. The summed E-state index contributed by atoms with van der Waals surface area (Å²) in [5.74, 6) is -3.48. The van der Waals surface area contributed by atoms with Crippen LogP contribution < -0.4 is 11.1 Å². The number of ether oxygens (including phenoxy) is 1. The summed E-state index contributed by atoms with van der Waals surface area (Å²) in [6.45, 7) is -0.198. The third kappa shape index (κ3) is 4.33. The Labute approximate surface area is 195 Å². The van der Waals surface area contributed by atoms with Crippen LogP contribution in [0.2, 0.25) is 0 Å². The van der Waals surface area contributed by atoms with E-state index in [-0.39, 0.29) is 47.7 Å². The number of rotatable bonds is 9. The van der Waals surface area contributed by atoms with Gasteiger partial charge in [-0.15, -0.1) is 11.3 Å². The summed E-state index contributed by atoms with van der Waals surface area (Å²) in [5, 5.41) is 16.6. The number of nitrogen functional groups attached to an aromatic ring is 1. The number of carbonyl (C=O) groups excluding carboxylic acids is 3. The quantitative estimate of drug-likeness (QED) is 0.120. The number of nitrogens with zero attached hydrogens (tertiary/aromatic N) is 4. The van der Waals surface area contributed by atoms with Crippen LogP contribution in [0.4, 0.5) is 9.93 Å². The number of anilines is 1. The lowest BCUT2D eigenvalue weighted by atomic mass is 9.97. The van der Waals surface area contributed by atoms with Gasteiger partial charge in [-0.3, -0.25) is 14.1 Å². The highest BCUT2D eigenvalue weighted by atomic mass is 32.2. The van der Waals surface area contributed by atoms with E-state index in [1.165, 1.54) is 5.38 Å². The van der Waals surface area contributed by atoms with Gasteiger partial charge >= 0.3 is 22.4 Å². The van der Waals surface area contributed by atoms with Crippen LogP contribution in [0.3, 0.4) is 0 Å². The summed E-state index contributed by atoms with van der Waals surface area (Å²) in [6, 6.07) is -2.81. The minimum atomic E-state index is -4.99. The standard InChI is InChI=1S/C16H18N6O10S2/c17-14-18-7(6-33-14)9(20-32-16(1-2-16)13(25)26)11(23)19-10-8(5-21-3-4-31-15(21)27)22(12(10)24)34(28,29)30/h6,8,10H,1-5H2,(H2,17,18)(H,19,23)(H,25,26)(H,28,29,30)/b20-9-/t8-,10?/m1/s1. The van der Waals surface area contributed by atoms with E-state index in [1.807, 2.05) is 0 Å². The number of thiazole rings is 1. The maximum Gasteiger partial charge on any atom is 0.410 e. The predicted molar refractivity (Wildman–Crippen MR) is 111 cm³/mol. The number of aliphatic carboxylic acids is 1. The van der Waals surface area contributed by atoms with Crippen LogP contribution in [0.15, 0.2) is 10.5 Å². The van der Waals surface area contributed by atoms with Gasteiger partial charge in [0, 0.05) is 24.8 Å². The van der Waals surface area contributed by atoms with E-state index >= 15 is 0 Å². The Morgan fingerprint density at radius 3 is 2.62 bits per heavy atom. The number of amides is 3. The number of hydrogen-bond donors (Lipinski definition) is 4. The van der Waals surface area contributed by atoms with Crippen molar-refractivity contribution in [1.29, 1.82) is 0 Å². The second kappa shape index (κ2) is 8.37. The van der Waals surface area contributed by atoms with Crippen LogP contribution in [0.25, 0.3) is 0 Å². The van der Waals surface area contributed by atoms with Crippen molar-refractivity contribution in [3.8, 4) is 0 Å². The molecule has 0 aromatic carbocycles. The maximum atomic E-state index is 13.0. The smallest absolute Gasteiger partial charge is 0.410 e. The first kappa shape index (κ1) is 23.6. The minimum absolute atomic E-state index is 0.0487. The Kier molecular flexibility index (Phi) is 5.82. The summed E-state index contributed by atoms with van der Waals surface area (Å²) in [5.41, 5.74) is 3.44. The van der Waals surface area contributed by atoms with E-state index in [0.29, 0.717) is 0 Å². The van der Waals surface area contributed by atoms with Gasteiger partial charge in [0.25, 0.3) is 11.8 Å². The van der Waals surface area contributed by atoms with Crippen molar-refractivity contribution >= 4 is 56.4 Å². The number of cyclic esters (lactones) is 1. The zero-order valence-corrected chi connectivity index (χ0v) is 18.7. The summed E-state index contributed by atoms with van der Waals surface area (Å²) in [6.07, 6.45) is -0.423. The highest BCUT2D eigenvalue weighted by Gasteiger charge is 2.56. The molecule has 1 saturated carbocycles. The van der Waals surface area contributed by atoms with Crippen LogP contribution in [-0.2, 0) is 34.3 Å². The Morgan fingerprint density at radius 2 is 2.12 bits per heavy atom. The first-order valence-electron chi connectivity index (χ1n) is 9.67. The average Bonchev–Trinajstić information content (AvgIpc) is 3.26. The summed E-state index contributed by atoms with van der Waals surface area (Å²) < 4.78 is 37.6. The zero-order valence-electron chi connectivity index (χ0n) is 17.1. The van der Waals surface area contributed by atoms with Crippen molar-refractivity contribution in [2.75, 3.05) is 25.4 Å². The Balaban J connectivity index is 1.57. The summed E-state index contributed by atoms with van der Waals surface area (Å²) >= 11 is 0.959. The van der Waals surface area contributed by atoms with Gasteiger partial charge in [0.15, 0.2) is 10.8 Å². The molecule has 2 saturated heterocycles. The van der Waals surface area contributed by atoms with E-state index < -0.39 is 57.6 Å². The van der Waals surface area contributed by atoms with Crippen molar-refractivity contribution < 1.29 is 46.8 Å². The molecule has 2 aliphatic heterocycles. The molecule has 5 N–H and O–H groups in total. The molecule has 0 spiro atoms. The van der Waals surface area contributed by atoms with Crippen LogP contribution in [0.5, 0.6) is 0 Å².